The lowest BCUT2D eigenvalue weighted by atomic mass is 9.81. The topological polar surface area (TPSA) is 335 Å². The van der Waals surface area contributed by atoms with Gasteiger partial charge in [-0.05, 0) is 14.0 Å². The summed E-state index contributed by atoms with van der Waals surface area (Å²) in [5.74, 6) is -1.26. The number of ether oxygens (including phenoxy) is 4. The van der Waals surface area contributed by atoms with Crippen molar-refractivity contribution in [2.45, 2.75) is 98.2 Å². The lowest BCUT2D eigenvalue weighted by molar-refractivity contribution is -0.318. The summed E-state index contributed by atoms with van der Waals surface area (Å²) < 4.78 is 23.2. The molecule has 2 heterocycles. The molecule has 19 heteroatoms. The molecule has 17 N–H and O–H groups in total. The van der Waals surface area contributed by atoms with Crippen molar-refractivity contribution in [3.05, 3.63) is 0 Å². The van der Waals surface area contributed by atoms with Crippen molar-refractivity contribution in [1.82, 2.24) is 16.0 Å². The number of hydrogen-bond acceptors (Lipinski definition) is 15. The van der Waals surface area contributed by atoms with Gasteiger partial charge in [-0.1, -0.05) is 0 Å². The molecular formula is C21H41N7O12. The zero-order valence-corrected chi connectivity index (χ0v) is 21.9. The maximum Gasteiger partial charge on any atom is 0.187 e. The molecule has 3 rings (SSSR count). The summed E-state index contributed by atoms with van der Waals surface area (Å²) in [5, 5.41) is 107. The zero-order valence-electron chi connectivity index (χ0n) is 21.9. The summed E-state index contributed by atoms with van der Waals surface area (Å²) in [5.41, 5.74) is 8.64. The van der Waals surface area contributed by atoms with Crippen LogP contribution in [-0.2, 0) is 18.9 Å². The summed E-state index contributed by atoms with van der Waals surface area (Å²) in [4.78, 5) is 0. The Labute approximate surface area is 229 Å². The van der Waals surface area contributed by atoms with Gasteiger partial charge in [-0.15, -0.1) is 0 Å². The first-order chi connectivity index (χ1) is 18.7. The standard InChI is InChI=1S/C21H41N7O12/c1-5-21(36,4-30)16(40-17-9(26-2)13(34)10(31)6(3-29)38-17)18(37-5)39-15-8(28-20(24)25)11(32)7(27-19(22)23)12(33)14(15)35/h5-18,26,29-36H,3-4H2,1-2H3,(H4,22,23,27)(H4,24,25,28)/t5?,6?,7?,8?,9?,10?,11?,12?,13?,14?,15?,16-,17?,18?,21?/m1/s1. The Morgan fingerprint density at radius 2 is 1.40 bits per heavy atom. The van der Waals surface area contributed by atoms with Crippen LogP contribution in [0, 0.1) is 10.8 Å². The van der Waals surface area contributed by atoms with E-state index in [0.717, 1.165) is 0 Å². The number of rotatable bonds is 9. The van der Waals surface area contributed by atoms with Gasteiger partial charge in [0.25, 0.3) is 0 Å². The molecule has 14 unspecified atom stereocenters. The summed E-state index contributed by atoms with van der Waals surface area (Å²) in [6.45, 7) is -0.210. The van der Waals surface area contributed by atoms with E-state index in [1.807, 2.05) is 0 Å². The van der Waals surface area contributed by atoms with Crippen molar-refractivity contribution in [3.63, 3.8) is 0 Å². The number of likely N-dealkylation sites (N-methyl/N-ethyl adjacent to an activating group) is 1. The highest BCUT2D eigenvalue weighted by molar-refractivity contribution is 5.75. The number of aliphatic hydroxyl groups is 8. The van der Waals surface area contributed by atoms with Gasteiger partial charge < -0.3 is 87.2 Å². The molecule has 2 aliphatic heterocycles. The first-order valence-corrected chi connectivity index (χ1v) is 12.6. The van der Waals surface area contributed by atoms with E-state index in [-0.39, 0.29) is 0 Å². The van der Waals surface area contributed by atoms with Crippen LogP contribution in [0.4, 0.5) is 0 Å². The Bertz CT molecular complexity index is 893. The Morgan fingerprint density at radius 3 is 1.93 bits per heavy atom. The van der Waals surface area contributed by atoms with Gasteiger partial charge in [0.15, 0.2) is 24.5 Å². The van der Waals surface area contributed by atoms with E-state index in [1.165, 1.54) is 14.0 Å². The second-order valence-electron chi connectivity index (χ2n) is 10.1. The lowest BCUT2D eigenvalue weighted by Gasteiger charge is -2.47. The maximum atomic E-state index is 11.3. The molecular weight excluding hydrogens is 542 g/mol. The van der Waals surface area contributed by atoms with E-state index < -0.39 is 116 Å². The van der Waals surface area contributed by atoms with Gasteiger partial charge in [-0.25, -0.2) is 0 Å². The van der Waals surface area contributed by atoms with Crippen molar-refractivity contribution in [2.75, 3.05) is 20.3 Å². The van der Waals surface area contributed by atoms with Gasteiger partial charge >= 0.3 is 0 Å². The number of nitrogens with one attached hydrogen (secondary N) is 5. The first-order valence-electron chi connectivity index (χ1n) is 12.6. The van der Waals surface area contributed by atoms with Crippen molar-refractivity contribution in [3.8, 4) is 0 Å². The molecule has 15 atom stereocenters. The fourth-order valence-electron chi connectivity index (χ4n) is 5.27. The van der Waals surface area contributed by atoms with Crippen LogP contribution >= 0.6 is 0 Å². The van der Waals surface area contributed by atoms with Crippen molar-refractivity contribution >= 4 is 11.9 Å². The average molecular weight is 584 g/mol. The van der Waals surface area contributed by atoms with Crippen LogP contribution in [0.1, 0.15) is 6.92 Å². The zero-order chi connectivity index (χ0) is 30.1. The Balaban J connectivity index is 1.93. The third kappa shape index (κ3) is 6.11. The number of aliphatic hydroxyl groups excluding tert-OH is 7. The highest BCUT2D eigenvalue weighted by atomic mass is 16.8. The molecule has 19 nitrogen and oxygen atoms in total. The molecule has 0 aromatic heterocycles. The number of hydrogen-bond donors (Lipinski definition) is 15. The van der Waals surface area contributed by atoms with E-state index in [2.05, 4.69) is 16.0 Å². The quantitative estimate of drug-likeness (QED) is 0.0884. The molecule has 0 aromatic rings. The second kappa shape index (κ2) is 12.9. The summed E-state index contributed by atoms with van der Waals surface area (Å²) >= 11 is 0. The number of nitrogens with two attached hydrogens (primary N) is 2. The molecule has 1 saturated carbocycles. The second-order valence-corrected chi connectivity index (χ2v) is 10.1. The van der Waals surface area contributed by atoms with Gasteiger partial charge in [-0.3, -0.25) is 10.8 Å². The van der Waals surface area contributed by atoms with Gasteiger partial charge in [-0.2, -0.15) is 0 Å². The molecule has 0 radical (unpaired) electrons. The summed E-state index contributed by atoms with van der Waals surface area (Å²) in [6.07, 6.45) is -16.9. The van der Waals surface area contributed by atoms with Crippen LogP contribution in [0.3, 0.4) is 0 Å². The van der Waals surface area contributed by atoms with Gasteiger partial charge in [0.2, 0.25) is 0 Å². The SMILES string of the molecule is CNC1C(O[C@@H]2C(OC3C(O)C(O)C(NC(=N)N)C(O)C3NC(=N)N)OC(C)C2(O)CO)OC(CO)C(O)C1O. The monoisotopic (exact) mass is 583 g/mol. The molecule has 232 valence electrons. The predicted molar refractivity (Wildman–Crippen MR) is 132 cm³/mol. The Hall–Kier alpha value is -1.98. The van der Waals surface area contributed by atoms with Crippen LogP contribution in [0.25, 0.3) is 0 Å². The third-order valence-electron chi connectivity index (χ3n) is 7.61. The average Bonchev–Trinajstić information content (AvgIpc) is 3.13. The van der Waals surface area contributed by atoms with Crippen LogP contribution in [-0.4, -0.2) is 164 Å². The van der Waals surface area contributed by atoms with Crippen molar-refractivity contribution in [2.24, 2.45) is 11.5 Å². The minimum absolute atomic E-state index is 0.620. The molecule has 0 aromatic carbocycles. The molecule has 3 aliphatic rings. The smallest absolute Gasteiger partial charge is 0.187 e. The summed E-state index contributed by atoms with van der Waals surface area (Å²) in [7, 11) is 1.43. The third-order valence-corrected chi connectivity index (χ3v) is 7.61. The maximum absolute atomic E-state index is 11.3. The lowest BCUT2D eigenvalue weighted by Crippen LogP contribution is -2.73. The minimum Gasteiger partial charge on any atom is -0.394 e. The molecule has 0 amide bonds. The summed E-state index contributed by atoms with van der Waals surface area (Å²) in [6, 6.07) is -3.88. The first kappa shape index (κ1) is 32.5. The van der Waals surface area contributed by atoms with E-state index in [9.17, 15) is 40.9 Å². The van der Waals surface area contributed by atoms with Crippen molar-refractivity contribution in [1.29, 1.82) is 10.8 Å². The highest BCUT2D eigenvalue weighted by Crippen LogP contribution is 2.38. The molecule has 1 aliphatic carbocycles. The molecule has 0 spiro atoms. The fraction of sp³-hybridized carbons (Fsp3) is 0.905. The minimum atomic E-state index is -2.15. The molecule has 3 fully saturated rings. The largest absolute Gasteiger partial charge is 0.394 e. The van der Waals surface area contributed by atoms with Gasteiger partial charge in [0, 0.05) is 0 Å². The molecule has 40 heavy (non-hydrogen) atoms. The predicted octanol–water partition coefficient (Wildman–Crippen LogP) is -7.95. The number of guanidine groups is 2. The van der Waals surface area contributed by atoms with Crippen LogP contribution in [0.15, 0.2) is 0 Å². The van der Waals surface area contributed by atoms with Crippen molar-refractivity contribution < 1.29 is 59.8 Å². The van der Waals surface area contributed by atoms with Crippen LogP contribution in [0.2, 0.25) is 0 Å². The van der Waals surface area contributed by atoms with E-state index in [1.54, 1.807) is 0 Å². The normalized spacial score (nSPS) is 47.5. The van der Waals surface area contributed by atoms with Gasteiger partial charge in [0.1, 0.15) is 48.3 Å². The van der Waals surface area contributed by atoms with E-state index in [4.69, 9.17) is 41.2 Å². The highest BCUT2D eigenvalue weighted by Gasteiger charge is 2.60. The Kier molecular flexibility index (Phi) is 10.5. The molecule has 2 saturated heterocycles. The molecule has 0 bridgehead atoms. The Morgan fingerprint density at radius 1 is 0.825 bits per heavy atom. The fourth-order valence-corrected chi connectivity index (χ4v) is 5.27. The van der Waals surface area contributed by atoms with Gasteiger partial charge in [0.05, 0.1) is 43.5 Å². The van der Waals surface area contributed by atoms with Crippen LogP contribution in [0.5, 0.6) is 0 Å². The van der Waals surface area contributed by atoms with Crippen LogP contribution < -0.4 is 27.4 Å². The van der Waals surface area contributed by atoms with E-state index in [0.29, 0.717) is 0 Å². The van der Waals surface area contributed by atoms with E-state index >= 15 is 0 Å².